The second-order valence-electron chi connectivity index (χ2n) is 12.2. The highest BCUT2D eigenvalue weighted by atomic mass is 35.5. The Hall–Kier alpha value is -4.28. The normalized spacial score (nSPS) is 16.2. The number of pyridine rings is 1. The van der Waals surface area contributed by atoms with Gasteiger partial charge in [0.15, 0.2) is 0 Å². The highest BCUT2D eigenvalue weighted by Gasteiger charge is 2.24. The molecule has 9 nitrogen and oxygen atoms in total. The molecule has 0 unspecified atom stereocenters. The molecule has 2 aliphatic heterocycles. The van der Waals surface area contributed by atoms with Gasteiger partial charge in [0.2, 0.25) is 5.43 Å². The molecule has 1 fully saturated rings. The van der Waals surface area contributed by atoms with E-state index in [9.17, 15) is 14.7 Å². The number of aromatic nitrogens is 1. The van der Waals surface area contributed by atoms with Crippen molar-refractivity contribution in [3.05, 3.63) is 105 Å². The number of anilines is 1. The van der Waals surface area contributed by atoms with Crippen LogP contribution < -0.4 is 10.3 Å². The van der Waals surface area contributed by atoms with E-state index in [1.54, 1.807) is 24.3 Å². The van der Waals surface area contributed by atoms with Crippen LogP contribution in [0.25, 0.3) is 33.4 Å². The first-order chi connectivity index (χ1) is 23.3. The van der Waals surface area contributed by atoms with Crippen molar-refractivity contribution in [2.75, 3.05) is 70.3 Å². The summed E-state index contributed by atoms with van der Waals surface area (Å²) in [7, 11) is 0. The van der Waals surface area contributed by atoms with Crippen molar-refractivity contribution < 1.29 is 14.3 Å². The number of aromatic carboxylic acids is 1. The standard InChI is InChI=1S/C38H42ClN5O4/c1-3-41-15-17-43(26-27-9-7-8-14-40-27)18-16-42(4-2)20-22-44(21-19-41)28-12-13-31-35(23-28)48-36-25-34(45)33(39)24-32(36)37(31)29-10-5-6-11-30(29)38(46)47/h5-14,23-25H,3-4,15-22,26H2,1-2H3,(H,46,47). The summed E-state index contributed by atoms with van der Waals surface area (Å²) in [6, 6.07) is 22.1. The molecule has 1 saturated heterocycles. The number of fused-ring (bicyclic) bond motifs is 2. The van der Waals surface area contributed by atoms with Gasteiger partial charge in [-0.1, -0.05) is 49.7 Å². The van der Waals surface area contributed by atoms with Crippen LogP contribution in [0.5, 0.6) is 0 Å². The van der Waals surface area contributed by atoms with E-state index in [0.717, 1.165) is 88.8 Å². The van der Waals surface area contributed by atoms with Crippen molar-refractivity contribution in [1.29, 1.82) is 0 Å². The summed E-state index contributed by atoms with van der Waals surface area (Å²) in [6.45, 7) is 14.5. The average molecular weight is 668 g/mol. The highest BCUT2D eigenvalue weighted by molar-refractivity contribution is 6.31. The number of carbonyl (C=O) groups is 1. The number of likely N-dealkylation sites (N-methyl/N-ethyl adjacent to an activating group) is 2. The van der Waals surface area contributed by atoms with Crippen LogP contribution in [0.2, 0.25) is 5.02 Å². The lowest BCUT2D eigenvalue weighted by Crippen LogP contribution is -2.45. The first-order valence-electron chi connectivity index (χ1n) is 16.7. The monoisotopic (exact) mass is 667 g/mol. The fourth-order valence-electron chi connectivity index (χ4n) is 6.56. The predicted molar refractivity (Wildman–Crippen MR) is 192 cm³/mol. The Bertz CT molecular complexity index is 1880. The van der Waals surface area contributed by atoms with E-state index >= 15 is 0 Å². The third-order valence-corrected chi connectivity index (χ3v) is 9.69. The number of halogens is 1. The van der Waals surface area contributed by atoms with Gasteiger partial charge in [0, 0.05) is 99.4 Å². The molecule has 48 heavy (non-hydrogen) atoms. The van der Waals surface area contributed by atoms with Crippen LogP contribution in [0.15, 0.2) is 88.2 Å². The molecule has 0 bridgehead atoms. The zero-order valence-corrected chi connectivity index (χ0v) is 28.3. The molecule has 10 heteroatoms. The lowest BCUT2D eigenvalue weighted by Gasteiger charge is -2.34. The number of carboxylic acid groups (broad SMARTS) is 1. The van der Waals surface area contributed by atoms with E-state index in [0.29, 0.717) is 28.0 Å². The molecular weight excluding hydrogens is 626 g/mol. The smallest absolute Gasteiger partial charge is 0.336 e. The topological polar surface area (TPSA) is 93.4 Å². The molecule has 0 saturated carbocycles. The van der Waals surface area contributed by atoms with Crippen LogP contribution in [0.4, 0.5) is 5.69 Å². The fraction of sp³-hybridized carbons (Fsp3) is 0.342. The molecule has 3 heterocycles. The van der Waals surface area contributed by atoms with Crippen molar-refractivity contribution in [2.24, 2.45) is 0 Å². The maximum absolute atomic E-state index is 12.6. The zero-order chi connectivity index (χ0) is 33.6. The van der Waals surface area contributed by atoms with Crippen molar-refractivity contribution >= 4 is 34.2 Å². The van der Waals surface area contributed by atoms with Gasteiger partial charge in [-0.3, -0.25) is 14.7 Å². The van der Waals surface area contributed by atoms with E-state index in [1.807, 2.05) is 30.5 Å². The van der Waals surface area contributed by atoms with Gasteiger partial charge in [-0.05, 0) is 55.1 Å². The Labute approximate surface area is 286 Å². The maximum Gasteiger partial charge on any atom is 0.336 e. The van der Waals surface area contributed by atoms with E-state index in [-0.39, 0.29) is 16.0 Å². The molecule has 250 valence electrons. The Morgan fingerprint density at radius 2 is 1.48 bits per heavy atom. The molecule has 0 atom stereocenters. The quantitative estimate of drug-likeness (QED) is 0.201. The summed E-state index contributed by atoms with van der Waals surface area (Å²) in [5, 5.41) is 10.9. The number of nitrogens with zero attached hydrogens (tertiary/aromatic N) is 5. The van der Waals surface area contributed by atoms with E-state index in [4.69, 9.17) is 16.0 Å². The van der Waals surface area contributed by atoms with Gasteiger partial charge >= 0.3 is 5.97 Å². The molecule has 0 radical (unpaired) electrons. The van der Waals surface area contributed by atoms with Gasteiger partial charge < -0.3 is 24.2 Å². The second kappa shape index (κ2) is 15.3. The average Bonchev–Trinajstić information content (AvgIpc) is 3.09. The SMILES string of the molecule is CCN1CCN(Cc2ccccn2)CCN(CC)CCN(c2ccc3c(-c4ccccc4C(=O)O)c4cc(Cl)c(=O)cc-4oc3c2)CC1. The van der Waals surface area contributed by atoms with Crippen molar-refractivity contribution in [3.8, 4) is 22.5 Å². The van der Waals surface area contributed by atoms with Gasteiger partial charge in [-0.25, -0.2) is 4.79 Å². The third kappa shape index (κ3) is 7.55. The molecule has 0 spiro atoms. The molecular formula is C38H42ClN5O4. The summed E-state index contributed by atoms with van der Waals surface area (Å²) >= 11 is 6.30. The summed E-state index contributed by atoms with van der Waals surface area (Å²) in [5.41, 5.74) is 4.32. The van der Waals surface area contributed by atoms with Gasteiger partial charge in [-0.15, -0.1) is 0 Å². The lowest BCUT2D eigenvalue weighted by molar-refractivity contribution is 0.0697. The first kappa shape index (κ1) is 33.6. The molecule has 2 aromatic carbocycles. The first-order valence-corrected chi connectivity index (χ1v) is 17.1. The van der Waals surface area contributed by atoms with E-state index in [1.165, 1.54) is 6.07 Å². The zero-order valence-electron chi connectivity index (χ0n) is 27.6. The summed E-state index contributed by atoms with van der Waals surface area (Å²) in [5.74, 6) is -0.668. The molecule has 3 aromatic rings. The van der Waals surface area contributed by atoms with Crippen molar-refractivity contribution in [1.82, 2.24) is 19.7 Å². The highest BCUT2D eigenvalue weighted by Crippen LogP contribution is 2.42. The number of benzene rings is 3. The number of hydrogen-bond donors (Lipinski definition) is 1. The van der Waals surface area contributed by atoms with Crippen LogP contribution in [-0.4, -0.2) is 96.2 Å². The molecule has 0 amide bonds. The number of hydrogen-bond acceptors (Lipinski definition) is 8. The molecule has 6 rings (SSSR count). The fourth-order valence-corrected chi connectivity index (χ4v) is 6.72. The summed E-state index contributed by atoms with van der Waals surface area (Å²) in [4.78, 5) is 39.4. The van der Waals surface area contributed by atoms with Crippen LogP contribution >= 0.6 is 11.6 Å². The van der Waals surface area contributed by atoms with Gasteiger partial charge in [0.1, 0.15) is 11.3 Å². The number of carboxylic acids is 1. The minimum absolute atomic E-state index is 0.0582. The van der Waals surface area contributed by atoms with Gasteiger partial charge in [0.05, 0.1) is 16.3 Å². The maximum atomic E-state index is 12.6. The minimum Gasteiger partial charge on any atom is -0.478 e. The molecule has 1 aromatic heterocycles. The molecule has 1 aliphatic carbocycles. The Morgan fingerprint density at radius 3 is 2.15 bits per heavy atom. The van der Waals surface area contributed by atoms with E-state index in [2.05, 4.69) is 56.6 Å². The Balaban J connectivity index is 1.35. The van der Waals surface area contributed by atoms with Gasteiger partial charge in [0.25, 0.3) is 0 Å². The number of rotatable bonds is 7. The summed E-state index contributed by atoms with van der Waals surface area (Å²) < 4.78 is 6.39. The third-order valence-electron chi connectivity index (χ3n) is 9.39. The molecule has 3 aliphatic rings. The Morgan fingerprint density at radius 1 is 0.812 bits per heavy atom. The van der Waals surface area contributed by atoms with Crippen LogP contribution in [0, 0.1) is 0 Å². The van der Waals surface area contributed by atoms with E-state index < -0.39 is 5.97 Å². The van der Waals surface area contributed by atoms with Crippen LogP contribution in [0.1, 0.15) is 29.9 Å². The van der Waals surface area contributed by atoms with Crippen LogP contribution in [-0.2, 0) is 6.54 Å². The van der Waals surface area contributed by atoms with Crippen molar-refractivity contribution in [3.63, 3.8) is 0 Å². The lowest BCUT2D eigenvalue weighted by atomic mass is 9.90. The van der Waals surface area contributed by atoms with Gasteiger partial charge in [-0.2, -0.15) is 0 Å². The summed E-state index contributed by atoms with van der Waals surface area (Å²) in [6.07, 6.45) is 1.87. The predicted octanol–water partition coefficient (Wildman–Crippen LogP) is 6.28. The van der Waals surface area contributed by atoms with Crippen LogP contribution in [0.3, 0.4) is 0 Å². The second-order valence-corrected chi connectivity index (χ2v) is 12.6. The minimum atomic E-state index is -1.03. The Kier molecular flexibility index (Phi) is 10.7. The molecule has 1 N–H and O–H groups in total. The largest absolute Gasteiger partial charge is 0.478 e. The van der Waals surface area contributed by atoms with Crippen molar-refractivity contribution in [2.45, 2.75) is 20.4 Å².